The maximum atomic E-state index is 11.0. The summed E-state index contributed by atoms with van der Waals surface area (Å²) in [5.74, 6) is 0. The molecule has 1 fully saturated rings. The summed E-state index contributed by atoms with van der Waals surface area (Å²) in [4.78, 5) is 15.2. The molecule has 0 amide bonds. The molecule has 0 unspecified atom stereocenters. The third kappa shape index (κ3) is 4.96. The molecule has 1 aliphatic rings. The Bertz CT molecular complexity index is 369. The molecule has 0 N–H and O–H groups in total. The predicted molar refractivity (Wildman–Crippen MR) is 82.0 cm³/mol. The van der Waals surface area contributed by atoms with Crippen molar-refractivity contribution in [3.63, 3.8) is 0 Å². The Morgan fingerprint density at radius 2 is 2.05 bits per heavy atom. The number of allylic oxidation sites excluding steroid dienone is 2. The van der Waals surface area contributed by atoms with Gasteiger partial charge in [-0.2, -0.15) is 0 Å². The van der Waals surface area contributed by atoms with Gasteiger partial charge in [-0.3, -0.25) is 10.1 Å². The fraction of sp³-hybridized carbons (Fsp3) is 0.733. The topological polar surface area (TPSA) is 49.6 Å². The fourth-order valence-electron chi connectivity index (χ4n) is 2.51. The monoisotopic (exact) mass is 281 g/mol. The number of nitrogens with zero attached hydrogens (tertiary/aromatic N) is 3. The minimum atomic E-state index is -0.314. The number of likely N-dealkylation sites (tertiary alicyclic amines) is 1. The molecular formula is C15H27N3O2. The maximum absolute atomic E-state index is 11.0. The highest BCUT2D eigenvalue weighted by atomic mass is 16.6. The van der Waals surface area contributed by atoms with Crippen LogP contribution in [0.1, 0.15) is 40.0 Å². The van der Waals surface area contributed by atoms with Crippen molar-refractivity contribution < 1.29 is 4.92 Å². The maximum Gasteiger partial charge on any atom is 0.284 e. The Morgan fingerprint density at radius 1 is 1.45 bits per heavy atom. The van der Waals surface area contributed by atoms with Crippen LogP contribution in [-0.4, -0.2) is 46.9 Å². The fourth-order valence-corrected chi connectivity index (χ4v) is 2.51. The van der Waals surface area contributed by atoms with Crippen LogP contribution in [0.5, 0.6) is 0 Å². The first kappa shape index (κ1) is 16.7. The summed E-state index contributed by atoms with van der Waals surface area (Å²) in [6.45, 7) is 8.53. The lowest BCUT2D eigenvalue weighted by Gasteiger charge is -2.38. The lowest BCUT2D eigenvalue weighted by atomic mass is 10.0. The van der Waals surface area contributed by atoms with Gasteiger partial charge >= 0.3 is 0 Å². The third-order valence-corrected chi connectivity index (χ3v) is 3.88. The summed E-state index contributed by atoms with van der Waals surface area (Å²) in [6, 6.07) is 0.980. The van der Waals surface area contributed by atoms with E-state index in [1.807, 2.05) is 24.9 Å². The van der Waals surface area contributed by atoms with Crippen molar-refractivity contribution in [2.45, 2.75) is 52.1 Å². The molecule has 0 spiro atoms. The lowest BCUT2D eigenvalue weighted by Crippen LogP contribution is -2.44. The van der Waals surface area contributed by atoms with Crippen molar-refractivity contribution in [1.82, 2.24) is 9.80 Å². The zero-order chi connectivity index (χ0) is 15.1. The van der Waals surface area contributed by atoms with E-state index in [2.05, 4.69) is 18.7 Å². The van der Waals surface area contributed by atoms with Gasteiger partial charge in [-0.1, -0.05) is 13.0 Å². The van der Waals surface area contributed by atoms with Crippen LogP contribution in [0.15, 0.2) is 24.0 Å². The zero-order valence-corrected chi connectivity index (χ0v) is 13.1. The summed E-state index contributed by atoms with van der Waals surface area (Å²) in [6.07, 6.45) is 8.02. The first-order valence-electron chi connectivity index (χ1n) is 7.44. The van der Waals surface area contributed by atoms with E-state index >= 15 is 0 Å². The van der Waals surface area contributed by atoms with E-state index in [4.69, 9.17) is 0 Å². The van der Waals surface area contributed by atoms with Gasteiger partial charge < -0.3 is 9.80 Å². The highest BCUT2D eigenvalue weighted by molar-refractivity contribution is 5.10. The summed E-state index contributed by atoms with van der Waals surface area (Å²) < 4.78 is 0. The molecule has 5 heteroatoms. The molecule has 1 rings (SSSR count). The molecule has 1 aliphatic heterocycles. The Balaban J connectivity index is 2.63. The van der Waals surface area contributed by atoms with E-state index < -0.39 is 0 Å². The molecule has 1 saturated heterocycles. The minimum Gasteiger partial charge on any atom is -0.372 e. The van der Waals surface area contributed by atoms with Gasteiger partial charge in [-0.05, 0) is 33.1 Å². The van der Waals surface area contributed by atoms with Gasteiger partial charge in [0.05, 0.1) is 11.1 Å². The normalized spacial score (nSPS) is 18.9. The standard InChI is InChI=1S/C15H27N3O2/c1-5-6-7-15(18(19)20)12-16(4)14-8-10-17(11-9-14)13(2)3/h6-7,12-14H,5,8-11H2,1-4H3/b7-6+,15-12+. The van der Waals surface area contributed by atoms with Gasteiger partial charge in [0, 0.05) is 38.3 Å². The summed E-state index contributed by atoms with van der Waals surface area (Å²) in [5.41, 5.74) is 0.167. The van der Waals surface area contributed by atoms with E-state index in [1.54, 1.807) is 12.3 Å². The Morgan fingerprint density at radius 3 is 2.50 bits per heavy atom. The molecule has 1 heterocycles. The summed E-state index contributed by atoms with van der Waals surface area (Å²) in [5, 5.41) is 11.0. The number of rotatable bonds is 6. The molecule has 0 atom stereocenters. The number of hydrogen-bond donors (Lipinski definition) is 0. The average Bonchev–Trinajstić information content (AvgIpc) is 2.42. The van der Waals surface area contributed by atoms with Gasteiger partial charge in [-0.25, -0.2) is 0 Å². The zero-order valence-electron chi connectivity index (χ0n) is 13.1. The molecule has 0 radical (unpaired) electrons. The van der Waals surface area contributed by atoms with Crippen LogP contribution in [-0.2, 0) is 0 Å². The summed E-state index contributed by atoms with van der Waals surface area (Å²) >= 11 is 0. The van der Waals surface area contributed by atoms with Gasteiger partial charge in [0.2, 0.25) is 0 Å². The van der Waals surface area contributed by atoms with Crippen LogP contribution < -0.4 is 0 Å². The van der Waals surface area contributed by atoms with Crippen molar-refractivity contribution in [2.24, 2.45) is 0 Å². The SMILES string of the molecule is CC/C=C/C(=C\N(C)C1CCN(C(C)C)CC1)[N+](=O)[O-]. The minimum absolute atomic E-state index is 0.167. The highest BCUT2D eigenvalue weighted by Crippen LogP contribution is 2.18. The van der Waals surface area contributed by atoms with E-state index in [9.17, 15) is 10.1 Å². The molecule has 0 aliphatic carbocycles. The van der Waals surface area contributed by atoms with Gasteiger partial charge in [0.15, 0.2) is 0 Å². The van der Waals surface area contributed by atoms with Crippen LogP contribution in [0.2, 0.25) is 0 Å². The van der Waals surface area contributed by atoms with E-state index in [0.29, 0.717) is 12.1 Å². The van der Waals surface area contributed by atoms with Crippen molar-refractivity contribution in [3.05, 3.63) is 34.2 Å². The van der Waals surface area contributed by atoms with Crippen LogP contribution in [0, 0.1) is 10.1 Å². The van der Waals surface area contributed by atoms with Gasteiger partial charge in [0.25, 0.3) is 5.70 Å². The molecule has 0 aromatic rings. The van der Waals surface area contributed by atoms with E-state index in [-0.39, 0.29) is 10.6 Å². The molecule has 0 aromatic carbocycles. The van der Waals surface area contributed by atoms with Gasteiger partial charge in [0.1, 0.15) is 0 Å². The smallest absolute Gasteiger partial charge is 0.284 e. The summed E-state index contributed by atoms with van der Waals surface area (Å²) in [7, 11) is 1.94. The average molecular weight is 281 g/mol. The number of hydrogen-bond acceptors (Lipinski definition) is 4. The Hall–Kier alpha value is -1.36. The van der Waals surface area contributed by atoms with Crippen molar-refractivity contribution >= 4 is 0 Å². The first-order valence-corrected chi connectivity index (χ1v) is 7.44. The van der Waals surface area contributed by atoms with E-state index in [1.165, 1.54) is 0 Å². The molecule has 0 bridgehead atoms. The van der Waals surface area contributed by atoms with Crippen LogP contribution in [0.4, 0.5) is 0 Å². The molecule has 20 heavy (non-hydrogen) atoms. The Kier molecular flexibility index (Phi) is 6.71. The number of piperidine rings is 1. The largest absolute Gasteiger partial charge is 0.372 e. The van der Waals surface area contributed by atoms with Crippen LogP contribution >= 0.6 is 0 Å². The molecular weight excluding hydrogens is 254 g/mol. The predicted octanol–water partition coefficient (Wildman–Crippen LogP) is 2.88. The van der Waals surface area contributed by atoms with Crippen LogP contribution in [0.3, 0.4) is 0 Å². The highest BCUT2D eigenvalue weighted by Gasteiger charge is 2.23. The van der Waals surface area contributed by atoms with E-state index in [0.717, 1.165) is 32.4 Å². The Labute approximate surface area is 122 Å². The number of nitro groups is 1. The second kappa shape index (κ2) is 8.04. The second-order valence-electron chi connectivity index (χ2n) is 5.65. The molecule has 114 valence electrons. The second-order valence-corrected chi connectivity index (χ2v) is 5.65. The van der Waals surface area contributed by atoms with Crippen molar-refractivity contribution in [1.29, 1.82) is 0 Å². The lowest BCUT2D eigenvalue weighted by molar-refractivity contribution is -0.420. The van der Waals surface area contributed by atoms with Gasteiger partial charge in [-0.15, -0.1) is 0 Å². The van der Waals surface area contributed by atoms with Crippen molar-refractivity contribution in [3.8, 4) is 0 Å². The van der Waals surface area contributed by atoms with Crippen molar-refractivity contribution in [2.75, 3.05) is 20.1 Å². The van der Waals surface area contributed by atoms with Crippen LogP contribution in [0.25, 0.3) is 0 Å². The quantitative estimate of drug-likeness (QED) is 0.427. The molecule has 0 saturated carbocycles. The molecule has 0 aromatic heterocycles. The first-order chi connectivity index (χ1) is 9.45. The molecule has 5 nitrogen and oxygen atoms in total. The third-order valence-electron chi connectivity index (χ3n) is 3.88.